The minimum atomic E-state index is -4.44. The standard InChI is InChI=1S/C21H15F3N4O/c1-25-20(29)15-6-2-4-13(10-15)17-8-9-19-26-12-18(28(19)27-17)14-5-3-7-16(11-14)21(22,23)24/h2-12H,1H3,(H,25,29). The van der Waals surface area contributed by atoms with Crippen molar-refractivity contribution in [2.24, 2.45) is 0 Å². The highest BCUT2D eigenvalue weighted by molar-refractivity contribution is 5.95. The molecule has 0 spiro atoms. The molecule has 0 saturated carbocycles. The molecule has 0 aliphatic rings. The molecule has 5 nitrogen and oxygen atoms in total. The van der Waals surface area contributed by atoms with Crippen LogP contribution in [0.5, 0.6) is 0 Å². The zero-order valence-electron chi connectivity index (χ0n) is 15.2. The summed E-state index contributed by atoms with van der Waals surface area (Å²) in [5.74, 6) is -0.222. The average Bonchev–Trinajstić information content (AvgIpc) is 3.16. The summed E-state index contributed by atoms with van der Waals surface area (Å²) in [6.45, 7) is 0. The molecule has 0 unspecified atom stereocenters. The number of carbonyl (C=O) groups excluding carboxylic acids is 1. The van der Waals surface area contributed by atoms with E-state index in [1.807, 2.05) is 6.07 Å². The average molecular weight is 396 g/mol. The lowest BCUT2D eigenvalue weighted by molar-refractivity contribution is -0.137. The van der Waals surface area contributed by atoms with Gasteiger partial charge >= 0.3 is 6.18 Å². The largest absolute Gasteiger partial charge is 0.416 e. The molecule has 2 aromatic carbocycles. The summed E-state index contributed by atoms with van der Waals surface area (Å²) in [5, 5.41) is 7.11. The number of aromatic nitrogens is 3. The van der Waals surface area contributed by atoms with Crippen LogP contribution in [-0.4, -0.2) is 27.6 Å². The zero-order valence-corrected chi connectivity index (χ0v) is 15.2. The highest BCUT2D eigenvalue weighted by Crippen LogP contribution is 2.32. The maximum Gasteiger partial charge on any atom is 0.416 e. The van der Waals surface area contributed by atoms with E-state index >= 15 is 0 Å². The fourth-order valence-electron chi connectivity index (χ4n) is 3.04. The first-order valence-electron chi connectivity index (χ1n) is 8.72. The number of fused-ring (bicyclic) bond motifs is 1. The Balaban J connectivity index is 1.81. The van der Waals surface area contributed by atoms with Gasteiger partial charge in [-0.05, 0) is 36.4 Å². The molecule has 2 aromatic heterocycles. The van der Waals surface area contributed by atoms with Crippen molar-refractivity contribution in [1.29, 1.82) is 0 Å². The molecular formula is C21H15F3N4O. The van der Waals surface area contributed by atoms with Gasteiger partial charge in [-0.2, -0.15) is 18.3 Å². The van der Waals surface area contributed by atoms with Crippen LogP contribution < -0.4 is 5.32 Å². The smallest absolute Gasteiger partial charge is 0.355 e. The van der Waals surface area contributed by atoms with E-state index < -0.39 is 11.7 Å². The molecule has 1 amide bonds. The summed E-state index contributed by atoms with van der Waals surface area (Å²) in [6, 6.07) is 15.5. The first-order chi connectivity index (χ1) is 13.9. The molecular weight excluding hydrogens is 381 g/mol. The minimum absolute atomic E-state index is 0.222. The van der Waals surface area contributed by atoms with Gasteiger partial charge in [-0.25, -0.2) is 9.50 Å². The number of rotatable bonds is 3. The minimum Gasteiger partial charge on any atom is -0.355 e. The number of hydrogen-bond donors (Lipinski definition) is 1. The SMILES string of the molecule is CNC(=O)c1cccc(-c2ccc3ncc(-c4cccc(C(F)(F)F)c4)n3n2)c1. The number of amides is 1. The zero-order chi connectivity index (χ0) is 20.6. The van der Waals surface area contributed by atoms with Gasteiger partial charge in [-0.15, -0.1) is 0 Å². The number of hydrogen-bond acceptors (Lipinski definition) is 3. The number of benzene rings is 2. The first kappa shape index (κ1) is 18.7. The number of imidazole rings is 1. The maximum atomic E-state index is 13.1. The van der Waals surface area contributed by atoms with Crippen LogP contribution in [0.25, 0.3) is 28.2 Å². The van der Waals surface area contributed by atoms with Crippen molar-refractivity contribution in [3.05, 3.63) is 78.0 Å². The van der Waals surface area contributed by atoms with Gasteiger partial charge in [0.1, 0.15) is 0 Å². The Morgan fingerprint density at radius 1 is 1.00 bits per heavy atom. The van der Waals surface area contributed by atoms with E-state index in [9.17, 15) is 18.0 Å². The van der Waals surface area contributed by atoms with E-state index in [1.165, 1.54) is 16.8 Å². The highest BCUT2D eigenvalue weighted by atomic mass is 19.4. The quantitative estimate of drug-likeness (QED) is 0.557. The van der Waals surface area contributed by atoms with Gasteiger partial charge in [0.25, 0.3) is 5.91 Å². The number of alkyl halides is 3. The van der Waals surface area contributed by atoms with Crippen LogP contribution >= 0.6 is 0 Å². The first-order valence-corrected chi connectivity index (χ1v) is 8.72. The second kappa shape index (κ2) is 7.05. The van der Waals surface area contributed by atoms with Crippen molar-refractivity contribution in [2.75, 3.05) is 7.05 Å². The number of carbonyl (C=O) groups is 1. The Kier molecular flexibility index (Phi) is 4.54. The molecule has 29 heavy (non-hydrogen) atoms. The Labute approximate surface area is 163 Å². The lowest BCUT2D eigenvalue weighted by atomic mass is 10.1. The molecule has 0 fully saturated rings. The van der Waals surface area contributed by atoms with Gasteiger partial charge in [-0.1, -0.05) is 24.3 Å². The summed E-state index contributed by atoms with van der Waals surface area (Å²) < 4.78 is 40.7. The fourth-order valence-corrected chi connectivity index (χ4v) is 3.04. The highest BCUT2D eigenvalue weighted by Gasteiger charge is 2.30. The molecule has 0 radical (unpaired) electrons. The molecule has 0 aliphatic heterocycles. The predicted molar refractivity (Wildman–Crippen MR) is 102 cm³/mol. The van der Waals surface area contributed by atoms with Crippen molar-refractivity contribution < 1.29 is 18.0 Å². The van der Waals surface area contributed by atoms with Crippen molar-refractivity contribution in [3.8, 4) is 22.5 Å². The topological polar surface area (TPSA) is 59.3 Å². The van der Waals surface area contributed by atoms with E-state index in [4.69, 9.17) is 0 Å². The van der Waals surface area contributed by atoms with E-state index in [1.54, 1.807) is 43.4 Å². The maximum absolute atomic E-state index is 13.1. The lowest BCUT2D eigenvalue weighted by Gasteiger charge is -2.09. The normalized spacial score (nSPS) is 11.6. The summed E-state index contributed by atoms with van der Waals surface area (Å²) in [7, 11) is 1.55. The van der Waals surface area contributed by atoms with Crippen LogP contribution in [0.15, 0.2) is 66.9 Å². The van der Waals surface area contributed by atoms with E-state index in [2.05, 4.69) is 15.4 Å². The molecule has 1 N–H and O–H groups in total. The molecule has 4 aromatic rings. The second-order valence-electron chi connectivity index (χ2n) is 6.37. The monoisotopic (exact) mass is 396 g/mol. The summed E-state index contributed by atoms with van der Waals surface area (Å²) in [6.07, 6.45) is -2.95. The summed E-state index contributed by atoms with van der Waals surface area (Å²) in [4.78, 5) is 16.1. The third kappa shape index (κ3) is 3.56. The van der Waals surface area contributed by atoms with Gasteiger partial charge in [0.15, 0.2) is 5.65 Å². The van der Waals surface area contributed by atoms with Gasteiger partial charge in [-0.3, -0.25) is 4.79 Å². The molecule has 2 heterocycles. The molecule has 146 valence electrons. The van der Waals surface area contributed by atoms with Gasteiger partial charge < -0.3 is 5.32 Å². The van der Waals surface area contributed by atoms with Crippen LogP contribution in [-0.2, 0) is 6.18 Å². The molecule has 0 bridgehead atoms. The molecule has 4 rings (SSSR count). The fraction of sp³-hybridized carbons (Fsp3) is 0.0952. The summed E-state index contributed by atoms with van der Waals surface area (Å²) in [5.41, 5.74) is 2.32. The van der Waals surface area contributed by atoms with E-state index in [0.29, 0.717) is 33.7 Å². The van der Waals surface area contributed by atoms with Gasteiger partial charge in [0.05, 0.1) is 23.1 Å². The van der Waals surface area contributed by atoms with Crippen molar-refractivity contribution in [3.63, 3.8) is 0 Å². The van der Waals surface area contributed by atoms with Crippen LogP contribution in [0.4, 0.5) is 13.2 Å². The Hall–Kier alpha value is -3.68. The third-order valence-electron chi connectivity index (χ3n) is 4.50. The van der Waals surface area contributed by atoms with Crippen LogP contribution in [0.3, 0.4) is 0 Å². The molecule has 0 atom stereocenters. The van der Waals surface area contributed by atoms with E-state index in [-0.39, 0.29) is 5.91 Å². The number of nitrogens with one attached hydrogen (secondary N) is 1. The van der Waals surface area contributed by atoms with Gasteiger partial charge in [0, 0.05) is 23.7 Å². The van der Waals surface area contributed by atoms with Crippen molar-refractivity contribution in [1.82, 2.24) is 19.9 Å². The van der Waals surface area contributed by atoms with Crippen molar-refractivity contribution >= 4 is 11.6 Å². The van der Waals surface area contributed by atoms with E-state index in [0.717, 1.165) is 12.1 Å². The molecule has 0 aliphatic carbocycles. The predicted octanol–water partition coefficient (Wildman–Crippen LogP) is 4.44. The Morgan fingerprint density at radius 3 is 2.52 bits per heavy atom. The molecule has 0 saturated heterocycles. The number of nitrogens with zero attached hydrogens (tertiary/aromatic N) is 3. The van der Waals surface area contributed by atoms with Crippen LogP contribution in [0, 0.1) is 0 Å². The Bertz CT molecular complexity index is 1210. The van der Waals surface area contributed by atoms with Gasteiger partial charge in [0.2, 0.25) is 0 Å². The number of halogens is 3. The van der Waals surface area contributed by atoms with Crippen molar-refractivity contribution in [2.45, 2.75) is 6.18 Å². The second-order valence-corrected chi connectivity index (χ2v) is 6.37. The van der Waals surface area contributed by atoms with Crippen LogP contribution in [0.2, 0.25) is 0 Å². The summed E-state index contributed by atoms with van der Waals surface area (Å²) >= 11 is 0. The third-order valence-corrected chi connectivity index (χ3v) is 4.50. The lowest BCUT2D eigenvalue weighted by Crippen LogP contribution is -2.17. The Morgan fingerprint density at radius 2 is 1.76 bits per heavy atom. The molecule has 8 heteroatoms. The van der Waals surface area contributed by atoms with Crippen LogP contribution in [0.1, 0.15) is 15.9 Å².